The zero-order valence-electron chi connectivity index (χ0n) is 12.1. The van der Waals surface area contributed by atoms with Gasteiger partial charge in [-0.3, -0.25) is 9.58 Å². The first kappa shape index (κ1) is 13.1. The first-order valence-corrected chi connectivity index (χ1v) is 6.99. The first-order valence-electron chi connectivity index (χ1n) is 6.99. The SMILES string of the molecule is CO[C@@H]1CCOC2(C1)CN(Cc1cc(C)nn1C)C2. The van der Waals surface area contributed by atoms with Crippen molar-refractivity contribution in [2.24, 2.45) is 7.05 Å². The standard InChI is InChI=1S/C14H23N3O2/c1-11-6-12(16(2)15-11)8-17-9-14(10-17)7-13(18-3)4-5-19-14/h6,13H,4-5,7-10H2,1-3H3/t13-/m1/s1. The van der Waals surface area contributed by atoms with Crippen LogP contribution in [0.5, 0.6) is 0 Å². The maximum atomic E-state index is 5.99. The van der Waals surface area contributed by atoms with Gasteiger partial charge < -0.3 is 9.47 Å². The highest BCUT2D eigenvalue weighted by molar-refractivity contribution is 5.11. The number of hydrogen-bond acceptors (Lipinski definition) is 4. The van der Waals surface area contributed by atoms with Crippen LogP contribution in [0.25, 0.3) is 0 Å². The molecule has 0 amide bonds. The molecule has 1 atom stereocenters. The van der Waals surface area contributed by atoms with Gasteiger partial charge >= 0.3 is 0 Å². The molecule has 0 N–H and O–H groups in total. The summed E-state index contributed by atoms with van der Waals surface area (Å²) in [7, 11) is 3.81. The van der Waals surface area contributed by atoms with Crippen molar-refractivity contribution >= 4 is 0 Å². The molecule has 2 fully saturated rings. The van der Waals surface area contributed by atoms with Gasteiger partial charge in [-0.1, -0.05) is 0 Å². The summed E-state index contributed by atoms with van der Waals surface area (Å²) >= 11 is 0. The lowest BCUT2D eigenvalue weighted by atomic mass is 9.84. The van der Waals surface area contributed by atoms with Crippen LogP contribution < -0.4 is 0 Å². The molecule has 19 heavy (non-hydrogen) atoms. The fraction of sp³-hybridized carbons (Fsp3) is 0.786. The molecule has 1 aromatic rings. The molecule has 0 aromatic carbocycles. The molecule has 2 saturated heterocycles. The first-order chi connectivity index (χ1) is 9.10. The quantitative estimate of drug-likeness (QED) is 0.821. The summed E-state index contributed by atoms with van der Waals surface area (Å²) in [6.07, 6.45) is 2.43. The van der Waals surface area contributed by atoms with E-state index in [1.165, 1.54) is 5.69 Å². The lowest BCUT2D eigenvalue weighted by Gasteiger charge is -2.53. The van der Waals surface area contributed by atoms with E-state index in [2.05, 4.69) is 16.1 Å². The van der Waals surface area contributed by atoms with Crippen molar-refractivity contribution in [2.45, 2.75) is 38.0 Å². The molecule has 1 spiro atoms. The number of aryl methyl sites for hydroxylation is 2. The number of methoxy groups -OCH3 is 1. The molecule has 5 heteroatoms. The normalized spacial score (nSPS) is 26.6. The van der Waals surface area contributed by atoms with Gasteiger partial charge in [-0.05, 0) is 19.4 Å². The Bertz CT molecular complexity index is 452. The van der Waals surface area contributed by atoms with Crippen LogP contribution in [-0.4, -0.2) is 53.2 Å². The zero-order chi connectivity index (χ0) is 13.5. The molecule has 5 nitrogen and oxygen atoms in total. The molecule has 0 bridgehead atoms. The highest BCUT2D eigenvalue weighted by Gasteiger charge is 2.47. The summed E-state index contributed by atoms with van der Waals surface area (Å²) in [5, 5.41) is 4.39. The van der Waals surface area contributed by atoms with Crippen molar-refractivity contribution < 1.29 is 9.47 Å². The third-order valence-electron chi connectivity index (χ3n) is 4.29. The van der Waals surface area contributed by atoms with E-state index in [1.807, 2.05) is 18.7 Å². The smallest absolute Gasteiger partial charge is 0.0959 e. The predicted octanol–water partition coefficient (Wildman–Crippen LogP) is 1.11. The highest BCUT2D eigenvalue weighted by Crippen LogP contribution is 2.35. The van der Waals surface area contributed by atoms with E-state index < -0.39 is 0 Å². The van der Waals surface area contributed by atoms with Gasteiger partial charge in [0, 0.05) is 46.8 Å². The lowest BCUT2D eigenvalue weighted by Crippen LogP contribution is -2.65. The second kappa shape index (κ2) is 4.89. The Morgan fingerprint density at radius 2 is 2.32 bits per heavy atom. The van der Waals surface area contributed by atoms with Crippen LogP contribution in [0.2, 0.25) is 0 Å². The topological polar surface area (TPSA) is 39.5 Å². The fourth-order valence-electron chi connectivity index (χ4n) is 3.33. The van der Waals surface area contributed by atoms with Crippen LogP contribution in [0.15, 0.2) is 6.07 Å². The fourth-order valence-corrected chi connectivity index (χ4v) is 3.33. The van der Waals surface area contributed by atoms with Crippen molar-refractivity contribution in [1.29, 1.82) is 0 Å². The Labute approximate surface area is 114 Å². The Morgan fingerprint density at radius 1 is 1.53 bits per heavy atom. The summed E-state index contributed by atoms with van der Waals surface area (Å²) in [6.45, 7) is 5.85. The molecular weight excluding hydrogens is 242 g/mol. The van der Waals surface area contributed by atoms with Crippen molar-refractivity contribution in [1.82, 2.24) is 14.7 Å². The van der Waals surface area contributed by atoms with Crippen LogP contribution in [0.1, 0.15) is 24.2 Å². The van der Waals surface area contributed by atoms with E-state index in [4.69, 9.17) is 9.47 Å². The van der Waals surface area contributed by atoms with Crippen molar-refractivity contribution in [3.63, 3.8) is 0 Å². The van der Waals surface area contributed by atoms with Gasteiger partial charge in [0.1, 0.15) is 0 Å². The number of nitrogens with zero attached hydrogens (tertiary/aromatic N) is 3. The average Bonchev–Trinajstić information content (AvgIpc) is 2.66. The summed E-state index contributed by atoms with van der Waals surface area (Å²) < 4.78 is 13.5. The van der Waals surface area contributed by atoms with Crippen molar-refractivity contribution in [3.8, 4) is 0 Å². The molecular formula is C14H23N3O2. The summed E-state index contributed by atoms with van der Waals surface area (Å²) in [4.78, 5) is 2.43. The minimum absolute atomic E-state index is 0.0482. The van der Waals surface area contributed by atoms with E-state index in [9.17, 15) is 0 Å². The average molecular weight is 265 g/mol. The van der Waals surface area contributed by atoms with E-state index >= 15 is 0 Å². The van der Waals surface area contributed by atoms with Gasteiger partial charge in [0.15, 0.2) is 0 Å². The number of rotatable bonds is 3. The van der Waals surface area contributed by atoms with Crippen molar-refractivity contribution in [3.05, 3.63) is 17.5 Å². The van der Waals surface area contributed by atoms with Crippen LogP contribution in [0.4, 0.5) is 0 Å². The van der Waals surface area contributed by atoms with Gasteiger partial charge in [-0.2, -0.15) is 5.10 Å². The Balaban J connectivity index is 1.56. The number of aromatic nitrogens is 2. The van der Waals surface area contributed by atoms with Crippen LogP contribution in [0.3, 0.4) is 0 Å². The van der Waals surface area contributed by atoms with Crippen LogP contribution in [0, 0.1) is 6.92 Å². The third-order valence-corrected chi connectivity index (χ3v) is 4.29. The van der Waals surface area contributed by atoms with Gasteiger partial charge in [-0.15, -0.1) is 0 Å². The molecule has 2 aliphatic rings. The Kier molecular flexibility index (Phi) is 3.37. The van der Waals surface area contributed by atoms with E-state index in [0.717, 1.165) is 44.8 Å². The minimum atomic E-state index is 0.0482. The van der Waals surface area contributed by atoms with E-state index in [-0.39, 0.29) is 5.60 Å². The predicted molar refractivity (Wildman–Crippen MR) is 71.9 cm³/mol. The molecule has 1 aromatic heterocycles. The largest absolute Gasteiger partial charge is 0.381 e. The summed E-state index contributed by atoms with van der Waals surface area (Å²) in [5.41, 5.74) is 2.40. The molecule has 0 saturated carbocycles. The molecule has 0 unspecified atom stereocenters. The monoisotopic (exact) mass is 265 g/mol. The summed E-state index contributed by atoms with van der Waals surface area (Å²) in [6, 6.07) is 2.16. The van der Waals surface area contributed by atoms with Gasteiger partial charge in [0.25, 0.3) is 0 Å². The zero-order valence-corrected chi connectivity index (χ0v) is 12.1. The maximum absolute atomic E-state index is 5.99. The molecule has 3 heterocycles. The molecule has 0 aliphatic carbocycles. The lowest BCUT2D eigenvalue weighted by molar-refractivity contribution is -0.195. The van der Waals surface area contributed by atoms with Crippen molar-refractivity contribution in [2.75, 3.05) is 26.8 Å². The van der Waals surface area contributed by atoms with Gasteiger partial charge in [-0.25, -0.2) is 0 Å². The second-order valence-electron chi connectivity index (χ2n) is 5.93. The third kappa shape index (κ3) is 2.55. The molecule has 106 valence electrons. The molecule has 3 rings (SSSR count). The van der Waals surface area contributed by atoms with Crippen LogP contribution >= 0.6 is 0 Å². The molecule has 0 radical (unpaired) electrons. The second-order valence-corrected chi connectivity index (χ2v) is 5.93. The number of hydrogen-bond donors (Lipinski definition) is 0. The van der Waals surface area contributed by atoms with Gasteiger partial charge in [0.05, 0.1) is 23.1 Å². The number of ether oxygens (including phenoxy) is 2. The van der Waals surface area contributed by atoms with E-state index in [0.29, 0.717) is 6.10 Å². The summed E-state index contributed by atoms with van der Waals surface area (Å²) in [5.74, 6) is 0. The maximum Gasteiger partial charge on any atom is 0.0959 e. The molecule has 2 aliphatic heterocycles. The Morgan fingerprint density at radius 3 is 2.95 bits per heavy atom. The van der Waals surface area contributed by atoms with Crippen LogP contribution in [-0.2, 0) is 23.1 Å². The number of likely N-dealkylation sites (tertiary alicyclic amines) is 1. The Hall–Kier alpha value is -0.910. The minimum Gasteiger partial charge on any atom is -0.381 e. The highest BCUT2D eigenvalue weighted by atomic mass is 16.5. The van der Waals surface area contributed by atoms with Gasteiger partial charge in [0.2, 0.25) is 0 Å². The van der Waals surface area contributed by atoms with E-state index in [1.54, 1.807) is 7.11 Å².